The van der Waals surface area contributed by atoms with Gasteiger partial charge in [0.25, 0.3) is 0 Å². The van der Waals surface area contributed by atoms with Crippen LogP contribution in [0, 0.1) is 5.21 Å². The van der Waals surface area contributed by atoms with Crippen LogP contribution in [0.3, 0.4) is 0 Å². The van der Waals surface area contributed by atoms with Crippen molar-refractivity contribution in [2.75, 3.05) is 13.2 Å². The van der Waals surface area contributed by atoms with Crippen molar-refractivity contribution in [2.24, 2.45) is 0 Å². The Morgan fingerprint density at radius 1 is 0.680 bits per heavy atom. The molecule has 144 valence electrons. The van der Waals surface area contributed by atoms with Crippen molar-refractivity contribution in [1.29, 1.82) is 0 Å². The Bertz CT molecular complexity index is 401. The molecule has 4 nitrogen and oxygen atoms in total. The van der Waals surface area contributed by atoms with E-state index in [1.165, 1.54) is 51.4 Å². The minimum absolute atomic E-state index is 0.342. The number of ether oxygens (including phenoxy) is 2. The fraction of sp³-hybridized carbons (Fsp3) is 0.762. The molecule has 0 amide bonds. The molecule has 25 heavy (non-hydrogen) atoms. The predicted molar refractivity (Wildman–Crippen MR) is 103 cm³/mol. The number of unbranched alkanes of at least 4 members (excludes halogenated alkanes) is 10. The molecule has 0 bridgehead atoms. The van der Waals surface area contributed by atoms with E-state index in [1.54, 1.807) is 12.1 Å². The second kappa shape index (κ2) is 14.9. The Morgan fingerprint density at radius 3 is 1.52 bits per heavy atom. The first-order valence-electron chi connectivity index (χ1n) is 10.3. The highest BCUT2D eigenvalue weighted by Gasteiger charge is 2.13. The highest BCUT2D eigenvalue weighted by molar-refractivity contribution is 5.11. The van der Waals surface area contributed by atoms with Crippen molar-refractivity contribution in [1.82, 2.24) is 0 Å². The number of nitrogens with zero attached hydrogens (tertiary/aromatic N) is 1. The summed E-state index contributed by atoms with van der Waals surface area (Å²) in [5.41, 5.74) is 0. The van der Waals surface area contributed by atoms with Crippen molar-refractivity contribution in [2.45, 2.75) is 90.9 Å². The molecule has 0 unspecified atom stereocenters. The fourth-order valence-corrected chi connectivity index (χ4v) is 2.79. The Kier molecular flexibility index (Phi) is 12.8. The van der Waals surface area contributed by atoms with Gasteiger partial charge in [0.15, 0.2) is 0 Å². The Labute approximate surface area is 154 Å². The van der Waals surface area contributed by atoms with Gasteiger partial charge in [0, 0.05) is 0 Å². The average molecular weight is 352 g/mol. The molecule has 4 heteroatoms. The number of rotatable bonds is 16. The zero-order chi connectivity index (χ0) is 18.2. The van der Waals surface area contributed by atoms with Crippen LogP contribution in [0.5, 0.6) is 11.8 Å². The van der Waals surface area contributed by atoms with Gasteiger partial charge in [0.1, 0.15) is 0 Å². The smallest absolute Gasteiger partial charge is 0.382 e. The van der Waals surface area contributed by atoms with E-state index >= 15 is 0 Å². The monoisotopic (exact) mass is 351 g/mol. The highest BCUT2D eigenvalue weighted by Crippen LogP contribution is 2.13. The zero-order valence-corrected chi connectivity index (χ0v) is 16.3. The standard InChI is InChI=1S/C21H37NO3/c1-3-5-7-9-11-13-18-24-20-16-15-17-21(22(20)23)25-19-14-12-10-8-6-4-2/h15-17H,3-14,18-19H2,1-2H3. The van der Waals surface area contributed by atoms with Crippen LogP contribution in [-0.4, -0.2) is 13.2 Å². The van der Waals surface area contributed by atoms with Crippen molar-refractivity contribution in [3.8, 4) is 11.8 Å². The topological polar surface area (TPSA) is 45.4 Å². The van der Waals surface area contributed by atoms with Gasteiger partial charge in [-0.2, -0.15) is 0 Å². The lowest BCUT2D eigenvalue weighted by Crippen LogP contribution is -2.31. The van der Waals surface area contributed by atoms with E-state index in [4.69, 9.17) is 9.47 Å². The number of hydrogen-bond acceptors (Lipinski definition) is 3. The molecule has 0 radical (unpaired) electrons. The molecule has 0 aliphatic heterocycles. The molecular weight excluding hydrogens is 314 g/mol. The summed E-state index contributed by atoms with van der Waals surface area (Å²) in [5, 5.41) is 12.2. The molecule has 0 atom stereocenters. The summed E-state index contributed by atoms with van der Waals surface area (Å²) in [5.74, 6) is 0.683. The molecule has 0 N–H and O–H groups in total. The summed E-state index contributed by atoms with van der Waals surface area (Å²) in [7, 11) is 0. The normalized spacial score (nSPS) is 10.8. The third kappa shape index (κ3) is 10.2. The maximum atomic E-state index is 12.2. The van der Waals surface area contributed by atoms with Crippen LogP contribution < -0.4 is 14.2 Å². The first kappa shape index (κ1) is 21.6. The summed E-state index contributed by atoms with van der Waals surface area (Å²) < 4.78 is 12.0. The lowest BCUT2D eigenvalue weighted by Gasteiger charge is -2.10. The largest absolute Gasteiger partial charge is 0.613 e. The van der Waals surface area contributed by atoms with Crippen molar-refractivity contribution < 1.29 is 14.2 Å². The molecule has 0 spiro atoms. The van der Waals surface area contributed by atoms with Crippen LogP contribution >= 0.6 is 0 Å². The minimum atomic E-state index is 0.342. The molecule has 0 aliphatic rings. The van der Waals surface area contributed by atoms with Gasteiger partial charge < -0.3 is 14.7 Å². The minimum Gasteiger partial charge on any atom is -0.613 e. The van der Waals surface area contributed by atoms with E-state index in [0.717, 1.165) is 30.4 Å². The predicted octanol–water partition coefficient (Wildman–Crippen LogP) is 5.80. The first-order valence-corrected chi connectivity index (χ1v) is 10.3. The van der Waals surface area contributed by atoms with Gasteiger partial charge in [-0.15, -0.1) is 0 Å². The molecule has 0 saturated carbocycles. The van der Waals surface area contributed by atoms with Crippen LogP contribution in [0.2, 0.25) is 0 Å². The third-order valence-electron chi connectivity index (χ3n) is 4.37. The average Bonchev–Trinajstić information content (AvgIpc) is 2.62. The van der Waals surface area contributed by atoms with Gasteiger partial charge in [-0.1, -0.05) is 82.8 Å². The molecule has 1 heterocycles. The van der Waals surface area contributed by atoms with Crippen molar-refractivity contribution in [3.05, 3.63) is 23.4 Å². The summed E-state index contributed by atoms with van der Waals surface area (Å²) in [6.45, 7) is 5.62. The zero-order valence-electron chi connectivity index (χ0n) is 16.3. The fourth-order valence-electron chi connectivity index (χ4n) is 2.79. The highest BCUT2D eigenvalue weighted by atomic mass is 16.6. The van der Waals surface area contributed by atoms with Crippen molar-refractivity contribution >= 4 is 0 Å². The third-order valence-corrected chi connectivity index (χ3v) is 4.37. The van der Waals surface area contributed by atoms with E-state index in [0.29, 0.717) is 25.0 Å². The Morgan fingerprint density at radius 2 is 1.08 bits per heavy atom. The lowest BCUT2D eigenvalue weighted by atomic mass is 10.1. The van der Waals surface area contributed by atoms with Crippen molar-refractivity contribution in [3.63, 3.8) is 0 Å². The second-order valence-electron chi connectivity index (χ2n) is 6.73. The number of aromatic nitrogens is 1. The molecule has 0 saturated heterocycles. The van der Waals surface area contributed by atoms with E-state index in [1.807, 2.05) is 6.07 Å². The van der Waals surface area contributed by atoms with E-state index in [2.05, 4.69) is 13.8 Å². The second-order valence-corrected chi connectivity index (χ2v) is 6.73. The van der Waals surface area contributed by atoms with Gasteiger partial charge >= 0.3 is 11.8 Å². The van der Waals surface area contributed by atoms with E-state index in [9.17, 15) is 5.21 Å². The molecule has 0 aromatic carbocycles. The van der Waals surface area contributed by atoms with Gasteiger partial charge in [0.2, 0.25) is 0 Å². The summed E-state index contributed by atoms with van der Waals surface area (Å²) in [6, 6.07) is 5.24. The van der Waals surface area contributed by atoms with Gasteiger partial charge in [-0.25, -0.2) is 0 Å². The SMILES string of the molecule is CCCCCCCCOc1cccc(OCCCCCCCC)[n+]1[O-]. The van der Waals surface area contributed by atoms with Gasteiger partial charge in [-0.3, -0.25) is 0 Å². The molecule has 0 fully saturated rings. The maximum Gasteiger partial charge on any atom is 0.382 e. The Hall–Kier alpha value is -1.45. The van der Waals surface area contributed by atoms with Crippen LogP contribution in [0.25, 0.3) is 0 Å². The number of pyridine rings is 1. The van der Waals surface area contributed by atoms with E-state index < -0.39 is 0 Å². The van der Waals surface area contributed by atoms with Crippen LogP contribution in [0.4, 0.5) is 0 Å². The molecular formula is C21H37NO3. The summed E-state index contributed by atoms with van der Waals surface area (Å²) >= 11 is 0. The van der Waals surface area contributed by atoms with Gasteiger partial charge in [0.05, 0.1) is 25.3 Å². The van der Waals surface area contributed by atoms with Crippen LogP contribution in [-0.2, 0) is 0 Å². The first-order chi connectivity index (χ1) is 12.3. The van der Waals surface area contributed by atoms with Gasteiger partial charge in [-0.05, 0) is 18.9 Å². The quantitative estimate of drug-likeness (QED) is 0.215. The summed E-state index contributed by atoms with van der Waals surface area (Å²) in [4.78, 5) is 0. The van der Waals surface area contributed by atoms with Crippen LogP contribution in [0.1, 0.15) is 90.9 Å². The van der Waals surface area contributed by atoms with Crippen LogP contribution in [0.15, 0.2) is 18.2 Å². The molecule has 1 aromatic heterocycles. The van der Waals surface area contributed by atoms with E-state index in [-0.39, 0.29) is 0 Å². The number of hydrogen-bond donors (Lipinski definition) is 0. The maximum absolute atomic E-state index is 12.2. The molecule has 1 aromatic rings. The lowest BCUT2D eigenvalue weighted by molar-refractivity contribution is -0.620. The summed E-state index contributed by atoms with van der Waals surface area (Å²) in [6.07, 6.45) is 14.5. The Balaban J connectivity index is 2.21. The molecule has 1 rings (SSSR count). The molecule has 0 aliphatic carbocycles.